The molecule has 8 nitrogen and oxygen atoms in total. The Labute approximate surface area is 97.0 Å². The van der Waals surface area contributed by atoms with Crippen LogP contribution >= 0.6 is 0 Å². The molecule has 0 saturated carbocycles. The van der Waals surface area contributed by atoms with Crippen molar-refractivity contribution in [1.82, 2.24) is 0 Å². The van der Waals surface area contributed by atoms with Crippen LogP contribution in [0.3, 0.4) is 0 Å². The fourth-order valence-electron chi connectivity index (χ4n) is 1.50. The molecule has 18 heavy (non-hydrogen) atoms. The molecule has 96 valence electrons. The van der Waals surface area contributed by atoms with E-state index in [1.165, 1.54) is 0 Å². The molecule has 1 heterocycles. The summed E-state index contributed by atoms with van der Waals surface area (Å²) in [6, 6.07) is 0. The van der Waals surface area contributed by atoms with Crippen LogP contribution < -0.4 is 9.47 Å². The minimum Gasteiger partial charge on any atom is -0.483 e. The third-order valence-corrected chi connectivity index (χ3v) is 2.19. The van der Waals surface area contributed by atoms with Crippen LogP contribution in [-0.2, 0) is 0 Å². The summed E-state index contributed by atoms with van der Waals surface area (Å²) < 4.78 is 36.8. The van der Waals surface area contributed by atoms with Crippen LogP contribution in [0.15, 0.2) is 0 Å². The van der Waals surface area contributed by atoms with Crippen molar-refractivity contribution in [3.8, 4) is 11.5 Å². The van der Waals surface area contributed by atoms with Gasteiger partial charge in [-0.2, -0.15) is 8.78 Å². The van der Waals surface area contributed by atoms with Crippen LogP contribution in [0.4, 0.5) is 20.2 Å². The van der Waals surface area contributed by atoms with Crippen LogP contribution in [0.5, 0.6) is 11.5 Å². The Balaban J connectivity index is 2.84. The highest BCUT2D eigenvalue weighted by Gasteiger charge is 2.42. The van der Waals surface area contributed by atoms with Gasteiger partial charge >= 0.3 is 11.4 Å². The number of halogens is 2. The average Bonchev–Trinajstić information content (AvgIpc) is 2.32. The Morgan fingerprint density at radius 2 is 1.22 bits per heavy atom. The third-order valence-electron chi connectivity index (χ3n) is 2.19. The van der Waals surface area contributed by atoms with Gasteiger partial charge in [0.05, 0.1) is 9.85 Å². The molecule has 0 N–H and O–H groups in total. The molecule has 0 aliphatic carbocycles. The summed E-state index contributed by atoms with van der Waals surface area (Å²) in [6.45, 7) is -0.281. The van der Waals surface area contributed by atoms with Crippen molar-refractivity contribution in [3.05, 3.63) is 31.9 Å². The molecule has 1 aromatic rings. The lowest BCUT2D eigenvalue weighted by Gasteiger charge is -2.18. The molecule has 1 aromatic carbocycles. The quantitative estimate of drug-likeness (QED) is 0.591. The summed E-state index contributed by atoms with van der Waals surface area (Å²) in [5, 5.41) is 21.2. The van der Waals surface area contributed by atoms with Crippen molar-refractivity contribution in [1.29, 1.82) is 0 Å². The van der Waals surface area contributed by atoms with Gasteiger partial charge in [0.2, 0.25) is 11.5 Å². The van der Waals surface area contributed by atoms with Gasteiger partial charge < -0.3 is 9.47 Å². The number of nitro groups is 2. The number of ether oxygens (including phenoxy) is 2. The van der Waals surface area contributed by atoms with E-state index < -0.39 is 44.4 Å². The van der Waals surface area contributed by atoms with Crippen molar-refractivity contribution >= 4 is 11.4 Å². The van der Waals surface area contributed by atoms with Gasteiger partial charge in [-0.1, -0.05) is 0 Å². The molecule has 10 heteroatoms. The first-order valence-electron chi connectivity index (χ1n) is 4.54. The van der Waals surface area contributed by atoms with Gasteiger partial charge in [0.15, 0.2) is 0 Å². The van der Waals surface area contributed by atoms with Gasteiger partial charge in [0.1, 0.15) is 13.2 Å². The van der Waals surface area contributed by atoms with Gasteiger partial charge in [-0.3, -0.25) is 20.2 Å². The third kappa shape index (κ3) is 1.58. The molecule has 0 bridgehead atoms. The van der Waals surface area contributed by atoms with Crippen LogP contribution in [0.1, 0.15) is 0 Å². The topological polar surface area (TPSA) is 105 Å². The van der Waals surface area contributed by atoms with E-state index >= 15 is 0 Å². The molecule has 2 rings (SSSR count). The van der Waals surface area contributed by atoms with Crippen molar-refractivity contribution in [2.75, 3.05) is 13.2 Å². The second-order valence-electron chi connectivity index (χ2n) is 3.19. The maximum absolute atomic E-state index is 13.7. The fraction of sp³-hybridized carbons (Fsp3) is 0.250. The Morgan fingerprint density at radius 3 is 1.50 bits per heavy atom. The first-order valence-corrected chi connectivity index (χ1v) is 4.54. The Hall–Kier alpha value is -2.52. The minimum absolute atomic E-state index is 0.141. The van der Waals surface area contributed by atoms with E-state index in [2.05, 4.69) is 0 Å². The van der Waals surface area contributed by atoms with Gasteiger partial charge in [0, 0.05) is 0 Å². The molecule has 0 atom stereocenters. The second-order valence-corrected chi connectivity index (χ2v) is 3.19. The van der Waals surface area contributed by atoms with Crippen LogP contribution in [0, 0.1) is 31.9 Å². The predicted molar refractivity (Wildman–Crippen MR) is 50.7 cm³/mol. The zero-order valence-electron chi connectivity index (χ0n) is 8.51. The molecule has 1 aliphatic rings. The molecule has 0 radical (unpaired) electrons. The van der Waals surface area contributed by atoms with Gasteiger partial charge in [-0.15, -0.1) is 0 Å². The highest BCUT2D eigenvalue weighted by Crippen LogP contribution is 2.46. The number of fused-ring (bicyclic) bond motifs is 1. The summed E-state index contributed by atoms with van der Waals surface area (Å²) >= 11 is 0. The van der Waals surface area contributed by atoms with Crippen LogP contribution in [0.25, 0.3) is 0 Å². The summed E-state index contributed by atoms with van der Waals surface area (Å²) in [6.07, 6.45) is 0. The monoisotopic (exact) mass is 262 g/mol. The Bertz CT molecular complexity index is 512. The molecule has 0 amide bonds. The average molecular weight is 262 g/mol. The number of hydrogen-bond acceptors (Lipinski definition) is 6. The van der Waals surface area contributed by atoms with Gasteiger partial charge in [-0.05, 0) is 0 Å². The van der Waals surface area contributed by atoms with E-state index in [4.69, 9.17) is 9.47 Å². The van der Waals surface area contributed by atoms with E-state index in [0.717, 1.165) is 0 Å². The number of nitrogens with zero attached hydrogens (tertiary/aromatic N) is 2. The summed E-state index contributed by atoms with van der Waals surface area (Å²) in [7, 11) is 0. The van der Waals surface area contributed by atoms with E-state index in [-0.39, 0.29) is 13.2 Å². The SMILES string of the molecule is O=[N+]([O-])c1c(F)c2c(c(F)c1[N+](=O)[O-])OCCO2. The molecule has 1 aliphatic heterocycles. The first kappa shape index (κ1) is 12.0. The standard InChI is InChI=1S/C8H4F2N2O6/c9-3-5(11(13)14)6(12(15)16)4(10)8-7(3)17-1-2-18-8/h1-2H2. The van der Waals surface area contributed by atoms with Gasteiger partial charge in [-0.25, -0.2) is 0 Å². The molecular weight excluding hydrogens is 258 g/mol. The highest BCUT2D eigenvalue weighted by molar-refractivity contribution is 5.65. The Morgan fingerprint density at radius 1 is 0.889 bits per heavy atom. The molecule has 0 aromatic heterocycles. The normalized spacial score (nSPS) is 13.2. The number of hydrogen-bond donors (Lipinski definition) is 0. The van der Waals surface area contributed by atoms with Gasteiger partial charge in [0.25, 0.3) is 11.6 Å². The van der Waals surface area contributed by atoms with E-state index in [0.29, 0.717) is 0 Å². The molecule has 0 spiro atoms. The predicted octanol–water partition coefficient (Wildman–Crippen LogP) is 1.55. The molecule has 0 saturated heterocycles. The number of nitro benzene ring substituents is 2. The zero-order valence-corrected chi connectivity index (χ0v) is 8.51. The fourth-order valence-corrected chi connectivity index (χ4v) is 1.50. The summed E-state index contributed by atoms with van der Waals surface area (Å²) in [4.78, 5) is 18.4. The summed E-state index contributed by atoms with van der Waals surface area (Å²) in [5.41, 5.74) is -3.16. The molecule has 0 fully saturated rings. The zero-order chi connectivity index (χ0) is 13.4. The largest absolute Gasteiger partial charge is 0.483 e. The lowest BCUT2D eigenvalue weighted by Crippen LogP contribution is -2.19. The van der Waals surface area contributed by atoms with Crippen molar-refractivity contribution in [2.24, 2.45) is 0 Å². The van der Waals surface area contributed by atoms with Crippen molar-refractivity contribution < 1.29 is 28.1 Å². The molecular formula is C8H4F2N2O6. The summed E-state index contributed by atoms with van der Waals surface area (Å²) in [5.74, 6) is -4.89. The maximum Gasteiger partial charge on any atom is 0.388 e. The lowest BCUT2D eigenvalue weighted by molar-refractivity contribution is -0.426. The van der Waals surface area contributed by atoms with Crippen LogP contribution in [-0.4, -0.2) is 23.1 Å². The minimum atomic E-state index is -1.62. The lowest BCUT2D eigenvalue weighted by atomic mass is 10.2. The number of rotatable bonds is 2. The number of benzene rings is 1. The van der Waals surface area contributed by atoms with Crippen molar-refractivity contribution in [3.63, 3.8) is 0 Å². The second kappa shape index (κ2) is 4.05. The Kier molecular flexibility index (Phi) is 2.69. The van der Waals surface area contributed by atoms with Crippen molar-refractivity contribution in [2.45, 2.75) is 0 Å². The molecule has 0 unspecified atom stereocenters. The van der Waals surface area contributed by atoms with E-state index in [1.807, 2.05) is 0 Å². The van der Waals surface area contributed by atoms with Crippen LogP contribution in [0.2, 0.25) is 0 Å². The highest BCUT2D eigenvalue weighted by atomic mass is 19.1. The van der Waals surface area contributed by atoms with E-state index in [9.17, 15) is 29.0 Å². The smallest absolute Gasteiger partial charge is 0.388 e. The maximum atomic E-state index is 13.7. The first-order chi connectivity index (χ1) is 8.45. The van der Waals surface area contributed by atoms with E-state index in [1.54, 1.807) is 0 Å².